The van der Waals surface area contributed by atoms with Crippen molar-refractivity contribution in [2.75, 3.05) is 13.2 Å². The highest BCUT2D eigenvalue weighted by atomic mass is 32.1. The number of urea groups is 1. The molecular formula is C19H20N2O3S. The van der Waals surface area contributed by atoms with Crippen LogP contribution in [0.5, 0.6) is 5.75 Å². The van der Waals surface area contributed by atoms with Crippen molar-refractivity contribution in [2.45, 2.75) is 31.7 Å². The van der Waals surface area contributed by atoms with Gasteiger partial charge in [-0.25, -0.2) is 4.79 Å². The maximum atomic E-state index is 13.0. The minimum atomic E-state index is -0.867. The zero-order valence-corrected chi connectivity index (χ0v) is 14.9. The van der Waals surface area contributed by atoms with E-state index in [2.05, 4.69) is 5.32 Å². The Labute approximate surface area is 150 Å². The largest absolute Gasteiger partial charge is 0.492 e. The molecule has 0 bridgehead atoms. The Kier molecular flexibility index (Phi) is 4.00. The summed E-state index contributed by atoms with van der Waals surface area (Å²) in [6, 6.07) is 9.37. The molecule has 3 amide bonds. The maximum absolute atomic E-state index is 13.0. The lowest BCUT2D eigenvalue weighted by Gasteiger charge is -2.31. The fraction of sp³-hybridized carbons (Fsp3) is 0.368. The molecule has 1 aliphatic heterocycles. The predicted octanol–water partition coefficient (Wildman–Crippen LogP) is 3.22. The van der Waals surface area contributed by atoms with Crippen LogP contribution in [0.1, 0.15) is 28.8 Å². The number of ether oxygens (including phenoxy) is 1. The van der Waals surface area contributed by atoms with Gasteiger partial charge in [0.1, 0.15) is 17.9 Å². The summed E-state index contributed by atoms with van der Waals surface area (Å²) in [6.45, 7) is 2.55. The Morgan fingerprint density at radius 3 is 2.84 bits per heavy atom. The van der Waals surface area contributed by atoms with Crippen LogP contribution in [-0.2, 0) is 16.8 Å². The van der Waals surface area contributed by atoms with Gasteiger partial charge in [-0.15, -0.1) is 11.3 Å². The van der Waals surface area contributed by atoms with E-state index < -0.39 is 5.54 Å². The SMILES string of the molecule is Cc1ccc(OCCN2C(=O)NC3(CCCc4sccc43)C2=O)cc1. The summed E-state index contributed by atoms with van der Waals surface area (Å²) in [6.07, 6.45) is 2.55. The number of carbonyl (C=O) groups is 2. The van der Waals surface area contributed by atoms with Gasteiger partial charge in [0, 0.05) is 10.4 Å². The van der Waals surface area contributed by atoms with Crippen LogP contribution in [0.4, 0.5) is 4.79 Å². The molecule has 1 unspecified atom stereocenters. The highest BCUT2D eigenvalue weighted by Crippen LogP contribution is 2.41. The third kappa shape index (κ3) is 2.70. The van der Waals surface area contributed by atoms with E-state index in [9.17, 15) is 9.59 Å². The normalized spacial score (nSPS) is 22.2. The van der Waals surface area contributed by atoms with E-state index in [1.807, 2.05) is 42.6 Å². The zero-order chi connectivity index (χ0) is 17.4. The van der Waals surface area contributed by atoms with Gasteiger partial charge in [0.25, 0.3) is 5.91 Å². The topological polar surface area (TPSA) is 58.6 Å². The molecule has 2 aliphatic rings. The molecule has 0 radical (unpaired) electrons. The summed E-state index contributed by atoms with van der Waals surface area (Å²) < 4.78 is 5.68. The van der Waals surface area contributed by atoms with E-state index in [4.69, 9.17) is 4.74 Å². The molecule has 1 fully saturated rings. The van der Waals surface area contributed by atoms with Gasteiger partial charge in [-0.3, -0.25) is 9.69 Å². The van der Waals surface area contributed by atoms with Gasteiger partial charge >= 0.3 is 6.03 Å². The Morgan fingerprint density at radius 2 is 2.04 bits per heavy atom. The molecular weight excluding hydrogens is 336 g/mol. The first kappa shape index (κ1) is 16.1. The van der Waals surface area contributed by atoms with E-state index in [1.54, 1.807) is 11.3 Å². The first-order chi connectivity index (χ1) is 12.1. The number of fused-ring (bicyclic) bond motifs is 2. The second-order valence-electron chi connectivity index (χ2n) is 6.56. The van der Waals surface area contributed by atoms with Crippen LogP contribution in [0.3, 0.4) is 0 Å². The van der Waals surface area contributed by atoms with Crippen molar-refractivity contribution < 1.29 is 14.3 Å². The Bertz CT molecular complexity index is 814. The summed E-state index contributed by atoms with van der Waals surface area (Å²) in [5, 5.41) is 4.96. The van der Waals surface area contributed by atoms with Crippen LogP contribution in [0.15, 0.2) is 35.7 Å². The fourth-order valence-electron chi connectivity index (χ4n) is 3.63. The van der Waals surface area contributed by atoms with E-state index in [0.29, 0.717) is 6.42 Å². The fourth-order valence-corrected chi connectivity index (χ4v) is 4.63. The molecule has 1 spiro atoms. The van der Waals surface area contributed by atoms with Gasteiger partial charge in [-0.2, -0.15) is 0 Å². The number of benzene rings is 1. The molecule has 2 aromatic rings. The molecule has 25 heavy (non-hydrogen) atoms. The van der Waals surface area contributed by atoms with Crippen LogP contribution in [-0.4, -0.2) is 30.0 Å². The Balaban J connectivity index is 1.46. The molecule has 1 N–H and O–H groups in total. The summed E-state index contributed by atoms with van der Waals surface area (Å²) >= 11 is 1.66. The van der Waals surface area contributed by atoms with Crippen molar-refractivity contribution in [1.82, 2.24) is 10.2 Å². The van der Waals surface area contributed by atoms with Crippen molar-refractivity contribution in [3.05, 3.63) is 51.7 Å². The minimum Gasteiger partial charge on any atom is -0.492 e. The van der Waals surface area contributed by atoms with Crippen LogP contribution in [0.25, 0.3) is 0 Å². The predicted molar refractivity (Wildman–Crippen MR) is 95.9 cm³/mol. The third-order valence-corrected chi connectivity index (χ3v) is 5.92. The van der Waals surface area contributed by atoms with Gasteiger partial charge in [0.2, 0.25) is 0 Å². The molecule has 4 rings (SSSR count). The van der Waals surface area contributed by atoms with Gasteiger partial charge in [0.05, 0.1) is 6.54 Å². The lowest BCUT2D eigenvalue weighted by Crippen LogP contribution is -2.46. The number of imide groups is 1. The first-order valence-corrected chi connectivity index (χ1v) is 9.38. The molecule has 1 aromatic carbocycles. The average molecular weight is 356 g/mol. The number of amides is 3. The van der Waals surface area contributed by atoms with Crippen molar-refractivity contribution in [2.24, 2.45) is 0 Å². The monoisotopic (exact) mass is 356 g/mol. The Morgan fingerprint density at radius 1 is 1.24 bits per heavy atom. The van der Waals surface area contributed by atoms with E-state index in [-0.39, 0.29) is 25.1 Å². The summed E-state index contributed by atoms with van der Waals surface area (Å²) in [5.74, 6) is 0.592. The summed E-state index contributed by atoms with van der Waals surface area (Å²) in [7, 11) is 0. The molecule has 5 nitrogen and oxygen atoms in total. The number of hydrogen-bond acceptors (Lipinski definition) is 4. The summed E-state index contributed by atoms with van der Waals surface area (Å²) in [5.41, 5.74) is 1.27. The highest BCUT2D eigenvalue weighted by molar-refractivity contribution is 7.10. The van der Waals surface area contributed by atoms with Crippen molar-refractivity contribution in [3.63, 3.8) is 0 Å². The molecule has 0 saturated carbocycles. The van der Waals surface area contributed by atoms with Crippen LogP contribution < -0.4 is 10.1 Å². The van der Waals surface area contributed by atoms with E-state index >= 15 is 0 Å². The number of nitrogens with zero attached hydrogens (tertiary/aromatic N) is 1. The molecule has 1 saturated heterocycles. The number of rotatable bonds is 4. The van der Waals surface area contributed by atoms with Gasteiger partial charge in [0.15, 0.2) is 0 Å². The van der Waals surface area contributed by atoms with Crippen molar-refractivity contribution in [1.29, 1.82) is 0 Å². The van der Waals surface area contributed by atoms with Crippen LogP contribution >= 0.6 is 11.3 Å². The van der Waals surface area contributed by atoms with E-state index in [1.165, 1.54) is 9.78 Å². The van der Waals surface area contributed by atoms with E-state index in [0.717, 1.165) is 29.7 Å². The lowest BCUT2D eigenvalue weighted by molar-refractivity contribution is -0.132. The number of nitrogens with one attached hydrogen (secondary N) is 1. The average Bonchev–Trinajstić information content (AvgIpc) is 3.17. The number of carbonyl (C=O) groups excluding carboxylic acids is 2. The highest BCUT2D eigenvalue weighted by Gasteiger charge is 2.54. The molecule has 130 valence electrons. The molecule has 1 aliphatic carbocycles. The van der Waals surface area contributed by atoms with Crippen LogP contribution in [0.2, 0.25) is 0 Å². The summed E-state index contributed by atoms with van der Waals surface area (Å²) in [4.78, 5) is 27.9. The quantitative estimate of drug-likeness (QED) is 0.856. The maximum Gasteiger partial charge on any atom is 0.325 e. The molecule has 2 heterocycles. The second-order valence-corrected chi connectivity index (χ2v) is 7.57. The molecule has 1 atom stereocenters. The van der Waals surface area contributed by atoms with Gasteiger partial charge in [-0.05, 0) is 49.8 Å². The lowest BCUT2D eigenvalue weighted by atomic mass is 9.80. The number of thiophene rings is 1. The molecule has 1 aromatic heterocycles. The zero-order valence-electron chi connectivity index (χ0n) is 14.1. The van der Waals surface area contributed by atoms with Gasteiger partial charge in [-0.1, -0.05) is 17.7 Å². The second kappa shape index (κ2) is 6.19. The smallest absolute Gasteiger partial charge is 0.325 e. The first-order valence-electron chi connectivity index (χ1n) is 8.50. The Hall–Kier alpha value is -2.34. The van der Waals surface area contributed by atoms with Crippen molar-refractivity contribution >= 4 is 23.3 Å². The van der Waals surface area contributed by atoms with Crippen LogP contribution in [0, 0.1) is 6.92 Å². The van der Waals surface area contributed by atoms with Gasteiger partial charge < -0.3 is 10.1 Å². The minimum absolute atomic E-state index is 0.149. The third-order valence-electron chi connectivity index (χ3n) is 4.94. The van der Waals surface area contributed by atoms with Crippen molar-refractivity contribution in [3.8, 4) is 5.75 Å². The molecule has 6 heteroatoms. The standard InChI is InChI=1S/C19H20N2O3S/c1-13-4-6-14(7-5-13)24-11-10-21-17(22)19(20-18(21)23)9-2-3-16-15(19)8-12-25-16/h4-8,12H,2-3,9-11H2,1H3,(H,20,23). The number of hydrogen-bond donors (Lipinski definition) is 1. The number of aryl methyl sites for hydroxylation is 2.